The molecular weight excluding hydrogens is 250 g/mol. The lowest BCUT2D eigenvalue weighted by molar-refractivity contribution is 0.199. The monoisotopic (exact) mass is 269 g/mol. The van der Waals surface area contributed by atoms with E-state index < -0.39 is 6.10 Å². The number of nitrogens with zero attached hydrogens (tertiary/aromatic N) is 1. The van der Waals surface area contributed by atoms with Crippen molar-refractivity contribution in [2.75, 3.05) is 18.1 Å². The Labute approximate surface area is 113 Å². The highest BCUT2D eigenvalue weighted by Crippen LogP contribution is 2.33. The second-order valence-electron chi connectivity index (χ2n) is 4.91. The zero-order valence-electron chi connectivity index (χ0n) is 10.6. The largest absolute Gasteiger partial charge is 0.394 e. The molecule has 0 aromatic heterocycles. The zero-order chi connectivity index (χ0) is 13.1. The molecule has 2 N–H and O–H groups in total. The van der Waals surface area contributed by atoms with E-state index in [1.54, 1.807) is 6.92 Å². The molecule has 1 fully saturated rings. The van der Waals surface area contributed by atoms with Crippen LogP contribution in [0, 0.1) is 0 Å². The van der Waals surface area contributed by atoms with Crippen LogP contribution in [0.3, 0.4) is 0 Å². The van der Waals surface area contributed by atoms with Crippen LogP contribution in [-0.2, 0) is 0 Å². The molecule has 0 aliphatic carbocycles. The fourth-order valence-electron chi connectivity index (χ4n) is 2.52. The molecule has 0 bridgehead atoms. The summed E-state index contributed by atoms with van der Waals surface area (Å²) in [6.45, 7) is 2.82. The van der Waals surface area contributed by atoms with Crippen LogP contribution >= 0.6 is 11.6 Å². The summed E-state index contributed by atoms with van der Waals surface area (Å²) < 4.78 is 0. The quantitative estimate of drug-likeness (QED) is 0.887. The standard InChI is InChI=1S/C14H20ClNO2/c1-10(18)11-5-6-14(13(15)8-11)16-7-3-2-4-12(16)9-17/h5-6,8,10,12,17-18H,2-4,7,9H2,1H3. The summed E-state index contributed by atoms with van der Waals surface area (Å²) in [7, 11) is 0. The second-order valence-corrected chi connectivity index (χ2v) is 5.32. The molecule has 1 aromatic rings. The van der Waals surface area contributed by atoms with Gasteiger partial charge >= 0.3 is 0 Å². The molecule has 1 saturated heterocycles. The fraction of sp³-hybridized carbons (Fsp3) is 0.571. The Kier molecular flexibility index (Phi) is 4.49. The smallest absolute Gasteiger partial charge is 0.0762 e. The molecular formula is C14H20ClNO2. The zero-order valence-corrected chi connectivity index (χ0v) is 11.4. The maximum atomic E-state index is 9.54. The predicted molar refractivity (Wildman–Crippen MR) is 74.2 cm³/mol. The fourth-order valence-corrected chi connectivity index (χ4v) is 2.82. The first-order valence-electron chi connectivity index (χ1n) is 6.48. The van der Waals surface area contributed by atoms with Crippen molar-refractivity contribution in [3.05, 3.63) is 28.8 Å². The summed E-state index contributed by atoms with van der Waals surface area (Å²) in [5.41, 5.74) is 1.78. The first-order chi connectivity index (χ1) is 8.63. The van der Waals surface area contributed by atoms with E-state index >= 15 is 0 Å². The number of benzene rings is 1. The van der Waals surface area contributed by atoms with Crippen LogP contribution in [0.2, 0.25) is 5.02 Å². The molecule has 0 radical (unpaired) electrons. The van der Waals surface area contributed by atoms with Crippen molar-refractivity contribution in [2.24, 2.45) is 0 Å². The minimum Gasteiger partial charge on any atom is -0.394 e. The Bertz CT molecular complexity index is 409. The maximum absolute atomic E-state index is 9.54. The number of aliphatic hydroxyl groups excluding tert-OH is 2. The Morgan fingerprint density at radius 2 is 2.22 bits per heavy atom. The van der Waals surface area contributed by atoms with Gasteiger partial charge in [-0.25, -0.2) is 0 Å². The average Bonchev–Trinajstić information content (AvgIpc) is 2.38. The SMILES string of the molecule is CC(O)c1ccc(N2CCCCC2CO)c(Cl)c1. The number of halogens is 1. The van der Waals surface area contributed by atoms with Crippen LogP contribution in [0.1, 0.15) is 37.9 Å². The molecule has 3 nitrogen and oxygen atoms in total. The number of anilines is 1. The third-order valence-electron chi connectivity index (χ3n) is 3.60. The van der Waals surface area contributed by atoms with E-state index in [4.69, 9.17) is 11.6 Å². The van der Waals surface area contributed by atoms with Crippen LogP contribution in [0.4, 0.5) is 5.69 Å². The van der Waals surface area contributed by atoms with Gasteiger partial charge in [-0.1, -0.05) is 17.7 Å². The summed E-state index contributed by atoms with van der Waals surface area (Å²) in [6, 6.07) is 5.81. The van der Waals surface area contributed by atoms with E-state index in [9.17, 15) is 10.2 Å². The predicted octanol–water partition coefficient (Wildman–Crippen LogP) is 2.74. The highest BCUT2D eigenvalue weighted by atomic mass is 35.5. The van der Waals surface area contributed by atoms with Gasteiger partial charge < -0.3 is 15.1 Å². The molecule has 2 atom stereocenters. The normalized spacial score (nSPS) is 22.0. The highest BCUT2D eigenvalue weighted by molar-refractivity contribution is 6.33. The van der Waals surface area contributed by atoms with Crippen molar-refractivity contribution in [1.29, 1.82) is 0 Å². The molecule has 2 rings (SSSR count). The molecule has 1 heterocycles. The Morgan fingerprint density at radius 3 is 2.83 bits per heavy atom. The molecule has 100 valence electrons. The van der Waals surface area contributed by atoms with E-state index in [1.807, 2.05) is 18.2 Å². The van der Waals surface area contributed by atoms with Crippen LogP contribution in [0.5, 0.6) is 0 Å². The van der Waals surface area contributed by atoms with E-state index in [0.29, 0.717) is 5.02 Å². The summed E-state index contributed by atoms with van der Waals surface area (Å²) in [5.74, 6) is 0. The Hall–Kier alpha value is -0.770. The van der Waals surface area contributed by atoms with Crippen LogP contribution in [-0.4, -0.2) is 29.4 Å². The first kappa shape index (κ1) is 13.7. The average molecular weight is 270 g/mol. The van der Waals surface area contributed by atoms with Gasteiger partial charge in [-0.05, 0) is 43.9 Å². The Balaban J connectivity index is 2.26. The number of hydrogen-bond acceptors (Lipinski definition) is 3. The van der Waals surface area contributed by atoms with Gasteiger partial charge in [-0.15, -0.1) is 0 Å². The minimum atomic E-state index is -0.508. The van der Waals surface area contributed by atoms with Gasteiger partial charge in [0.2, 0.25) is 0 Å². The van der Waals surface area contributed by atoms with Crippen molar-refractivity contribution >= 4 is 17.3 Å². The molecule has 2 unspecified atom stereocenters. The number of piperidine rings is 1. The topological polar surface area (TPSA) is 43.7 Å². The van der Waals surface area contributed by atoms with E-state index in [-0.39, 0.29) is 12.6 Å². The van der Waals surface area contributed by atoms with E-state index in [1.165, 1.54) is 0 Å². The Morgan fingerprint density at radius 1 is 1.44 bits per heavy atom. The molecule has 4 heteroatoms. The molecule has 1 aromatic carbocycles. The second kappa shape index (κ2) is 5.91. The van der Waals surface area contributed by atoms with Gasteiger partial charge in [-0.3, -0.25) is 0 Å². The number of aliphatic hydroxyl groups is 2. The van der Waals surface area contributed by atoms with E-state index in [2.05, 4.69) is 4.90 Å². The van der Waals surface area contributed by atoms with Gasteiger partial charge in [0.15, 0.2) is 0 Å². The lowest BCUT2D eigenvalue weighted by Crippen LogP contribution is -2.42. The number of hydrogen-bond donors (Lipinski definition) is 2. The summed E-state index contributed by atoms with van der Waals surface area (Å²) in [5, 5.41) is 19.6. The summed E-state index contributed by atoms with van der Waals surface area (Å²) >= 11 is 6.29. The van der Waals surface area contributed by atoms with Crippen molar-refractivity contribution in [1.82, 2.24) is 0 Å². The van der Waals surface area contributed by atoms with Crippen molar-refractivity contribution in [3.63, 3.8) is 0 Å². The molecule has 0 amide bonds. The van der Waals surface area contributed by atoms with Crippen LogP contribution in [0.15, 0.2) is 18.2 Å². The summed E-state index contributed by atoms with van der Waals surface area (Å²) in [6.07, 6.45) is 2.78. The molecule has 1 aliphatic rings. The van der Waals surface area contributed by atoms with Crippen LogP contribution in [0.25, 0.3) is 0 Å². The summed E-state index contributed by atoms with van der Waals surface area (Å²) in [4.78, 5) is 2.18. The van der Waals surface area contributed by atoms with Crippen molar-refractivity contribution in [3.8, 4) is 0 Å². The highest BCUT2D eigenvalue weighted by Gasteiger charge is 2.23. The molecule has 0 saturated carbocycles. The first-order valence-corrected chi connectivity index (χ1v) is 6.86. The van der Waals surface area contributed by atoms with Gasteiger partial charge in [0, 0.05) is 6.54 Å². The maximum Gasteiger partial charge on any atom is 0.0762 e. The van der Waals surface area contributed by atoms with E-state index in [0.717, 1.165) is 37.1 Å². The molecule has 0 spiro atoms. The molecule has 1 aliphatic heterocycles. The van der Waals surface area contributed by atoms with Gasteiger partial charge in [0.25, 0.3) is 0 Å². The van der Waals surface area contributed by atoms with Crippen molar-refractivity contribution < 1.29 is 10.2 Å². The van der Waals surface area contributed by atoms with Crippen molar-refractivity contribution in [2.45, 2.75) is 38.3 Å². The van der Waals surface area contributed by atoms with Gasteiger partial charge in [0.1, 0.15) is 0 Å². The van der Waals surface area contributed by atoms with Gasteiger partial charge in [0.05, 0.1) is 29.5 Å². The van der Waals surface area contributed by atoms with Crippen LogP contribution < -0.4 is 4.90 Å². The molecule has 18 heavy (non-hydrogen) atoms. The third-order valence-corrected chi connectivity index (χ3v) is 3.90. The minimum absolute atomic E-state index is 0.161. The number of rotatable bonds is 3. The lowest BCUT2D eigenvalue weighted by Gasteiger charge is -2.37. The lowest BCUT2D eigenvalue weighted by atomic mass is 10.0. The van der Waals surface area contributed by atoms with Gasteiger partial charge in [-0.2, -0.15) is 0 Å². The third kappa shape index (κ3) is 2.79.